The summed E-state index contributed by atoms with van der Waals surface area (Å²) in [4.78, 5) is 50.1. The Morgan fingerprint density at radius 3 is 2.75 bits per heavy atom. The summed E-state index contributed by atoms with van der Waals surface area (Å²) in [6, 6.07) is 9.90. The van der Waals surface area contributed by atoms with E-state index in [0.29, 0.717) is 24.1 Å². The normalized spacial score (nSPS) is 18.8. The van der Waals surface area contributed by atoms with E-state index in [1.807, 2.05) is 0 Å². The SMILES string of the molecule is C[C@H](NC(=O)NCc1ccc2c(c1)C(=O)N(C1CCC(=O)NC1=O)C2)c1ccccc1F. The standard InChI is InChI=1S/C23H23FN4O4/c1-13(16-4-2-3-5-18(16)24)26-23(32)25-11-14-6-7-15-12-28(22(31)17(15)10-14)19-8-9-20(29)27-21(19)30/h2-7,10,13,19H,8-9,11-12H2,1H3,(H2,25,26,32)(H,27,29,30)/t13-,19?/m0/s1. The van der Waals surface area contributed by atoms with Crippen LogP contribution in [-0.4, -0.2) is 34.7 Å². The molecule has 5 amide bonds. The topological polar surface area (TPSA) is 108 Å². The van der Waals surface area contributed by atoms with Crippen molar-refractivity contribution >= 4 is 23.8 Å². The Bertz CT molecular complexity index is 1100. The van der Waals surface area contributed by atoms with Crippen molar-refractivity contribution in [2.75, 3.05) is 0 Å². The average molecular weight is 438 g/mol. The molecule has 0 bridgehead atoms. The van der Waals surface area contributed by atoms with Gasteiger partial charge in [0.15, 0.2) is 0 Å². The molecule has 0 radical (unpaired) electrons. The molecule has 0 spiro atoms. The van der Waals surface area contributed by atoms with Gasteiger partial charge in [-0.05, 0) is 36.6 Å². The van der Waals surface area contributed by atoms with Crippen molar-refractivity contribution in [3.05, 3.63) is 70.5 Å². The average Bonchev–Trinajstić information content (AvgIpc) is 3.08. The largest absolute Gasteiger partial charge is 0.334 e. The molecule has 166 valence electrons. The Labute approximate surface area is 184 Å². The highest BCUT2D eigenvalue weighted by atomic mass is 19.1. The van der Waals surface area contributed by atoms with Gasteiger partial charge in [-0.15, -0.1) is 0 Å². The zero-order valence-electron chi connectivity index (χ0n) is 17.5. The number of halogens is 1. The Hall–Kier alpha value is -3.75. The monoisotopic (exact) mass is 438 g/mol. The number of hydrogen-bond donors (Lipinski definition) is 3. The van der Waals surface area contributed by atoms with E-state index >= 15 is 0 Å². The summed E-state index contributed by atoms with van der Waals surface area (Å²) in [6.07, 6.45) is 0.505. The number of piperidine rings is 1. The summed E-state index contributed by atoms with van der Waals surface area (Å²) in [6.45, 7) is 2.17. The van der Waals surface area contributed by atoms with Crippen LogP contribution in [0.4, 0.5) is 9.18 Å². The molecular weight excluding hydrogens is 415 g/mol. The fourth-order valence-electron chi connectivity index (χ4n) is 4.05. The lowest BCUT2D eigenvalue weighted by Gasteiger charge is -2.29. The van der Waals surface area contributed by atoms with E-state index in [1.165, 1.54) is 11.0 Å². The summed E-state index contributed by atoms with van der Waals surface area (Å²) in [5, 5.41) is 7.68. The summed E-state index contributed by atoms with van der Waals surface area (Å²) in [5.74, 6) is -1.44. The Kier molecular flexibility index (Phi) is 5.89. The van der Waals surface area contributed by atoms with Crippen LogP contribution in [0.2, 0.25) is 0 Å². The lowest BCUT2D eigenvalue weighted by Crippen LogP contribution is -2.52. The van der Waals surface area contributed by atoms with Crippen molar-refractivity contribution in [3.63, 3.8) is 0 Å². The highest BCUT2D eigenvalue weighted by Crippen LogP contribution is 2.28. The van der Waals surface area contributed by atoms with E-state index in [1.54, 1.807) is 43.3 Å². The number of hydrogen-bond acceptors (Lipinski definition) is 4. The molecule has 2 atom stereocenters. The van der Waals surface area contributed by atoms with Gasteiger partial charge in [0.05, 0.1) is 6.04 Å². The molecule has 9 heteroatoms. The Morgan fingerprint density at radius 2 is 2.00 bits per heavy atom. The van der Waals surface area contributed by atoms with Gasteiger partial charge < -0.3 is 15.5 Å². The molecule has 2 aromatic rings. The molecule has 2 aliphatic rings. The molecule has 2 aliphatic heterocycles. The molecular formula is C23H23FN4O4. The highest BCUT2D eigenvalue weighted by molar-refractivity contribution is 6.05. The first-order chi connectivity index (χ1) is 15.3. The molecule has 0 aromatic heterocycles. The van der Waals surface area contributed by atoms with Gasteiger partial charge >= 0.3 is 6.03 Å². The molecule has 1 fully saturated rings. The van der Waals surface area contributed by atoms with E-state index in [2.05, 4.69) is 16.0 Å². The first-order valence-electron chi connectivity index (χ1n) is 10.4. The van der Waals surface area contributed by atoms with Crippen molar-refractivity contribution in [1.82, 2.24) is 20.9 Å². The van der Waals surface area contributed by atoms with Crippen LogP contribution in [0, 0.1) is 5.82 Å². The first kappa shape index (κ1) is 21.5. The van der Waals surface area contributed by atoms with Crippen LogP contribution in [0.5, 0.6) is 0 Å². The van der Waals surface area contributed by atoms with Crippen LogP contribution in [0.25, 0.3) is 0 Å². The zero-order valence-corrected chi connectivity index (χ0v) is 17.5. The number of amides is 5. The van der Waals surface area contributed by atoms with Gasteiger partial charge in [-0.25, -0.2) is 9.18 Å². The van der Waals surface area contributed by atoms with E-state index in [-0.39, 0.29) is 24.8 Å². The predicted molar refractivity (Wildman–Crippen MR) is 113 cm³/mol. The van der Waals surface area contributed by atoms with Gasteiger partial charge in [-0.2, -0.15) is 0 Å². The van der Waals surface area contributed by atoms with E-state index in [4.69, 9.17) is 0 Å². The number of fused-ring (bicyclic) bond motifs is 1. The quantitative estimate of drug-likeness (QED) is 0.622. The number of nitrogens with one attached hydrogen (secondary N) is 3. The Morgan fingerprint density at radius 1 is 1.22 bits per heavy atom. The van der Waals surface area contributed by atoms with Crippen molar-refractivity contribution in [3.8, 4) is 0 Å². The number of nitrogens with zero attached hydrogens (tertiary/aromatic N) is 1. The summed E-state index contributed by atoms with van der Waals surface area (Å²) in [5.41, 5.74) is 2.38. The second-order valence-electron chi connectivity index (χ2n) is 7.96. The van der Waals surface area contributed by atoms with Gasteiger partial charge in [0.2, 0.25) is 11.8 Å². The maximum absolute atomic E-state index is 13.9. The minimum atomic E-state index is -0.667. The summed E-state index contributed by atoms with van der Waals surface area (Å²) in [7, 11) is 0. The van der Waals surface area contributed by atoms with Crippen LogP contribution < -0.4 is 16.0 Å². The van der Waals surface area contributed by atoms with Crippen LogP contribution in [0.15, 0.2) is 42.5 Å². The molecule has 1 unspecified atom stereocenters. The molecule has 32 heavy (non-hydrogen) atoms. The maximum atomic E-state index is 13.9. The van der Waals surface area contributed by atoms with Crippen molar-refractivity contribution in [2.45, 2.75) is 44.9 Å². The highest BCUT2D eigenvalue weighted by Gasteiger charge is 2.39. The fourth-order valence-corrected chi connectivity index (χ4v) is 4.05. The van der Waals surface area contributed by atoms with E-state index in [9.17, 15) is 23.6 Å². The second kappa shape index (κ2) is 8.78. The number of carbonyl (C=O) groups is 4. The lowest BCUT2D eigenvalue weighted by molar-refractivity contribution is -0.136. The second-order valence-corrected chi connectivity index (χ2v) is 7.96. The predicted octanol–water partition coefficient (Wildman–Crippen LogP) is 2.15. The van der Waals surface area contributed by atoms with Gasteiger partial charge in [0.25, 0.3) is 5.91 Å². The third-order valence-electron chi connectivity index (χ3n) is 5.76. The molecule has 4 rings (SSSR count). The smallest absolute Gasteiger partial charge is 0.315 e. The molecule has 2 heterocycles. The minimum Gasteiger partial charge on any atom is -0.334 e. The molecule has 2 aromatic carbocycles. The minimum absolute atomic E-state index is 0.175. The maximum Gasteiger partial charge on any atom is 0.315 e. The van der Waals surface area contributed by atoms with Crippen LogP contribution in [0.3, 0.4) is 0 Å². The molecule has 1 saturated heterocycles. The van der Waals surface area contributed by atoms with Crippen LogP contribution in [0.1, 0.15) is 52.9 Å². The van der Waals surface area contributed by atoms with Gasteiger partial charge in [-0.3, -0.25) is 19.7 Å². The third-order valence-corrected chi connectivity index (χ3v) is 5.76. The fraction of sp³-hybridized carbons (Fsp3) is 0.304. The zero-order chi connectivity index (χ0) is 22.8. The van der Waals surface area contributed by atoms with Gasteiger partial charge in [0.1, 0.15) is 11.9 Å². The third kappa shape index (κ3) is 4.32. The number of benzene rings is 2. The number of imide groups is 1. The number of urea groups is 1. The van der Waals surface area contributed by atoms with E-state index in [0.717, 1.165) is 11.1 Å². The molecule has 3 N–H and O–H groups in total. The van der Waals surface area contributed by atoms with Gasteiger partial charge in [-0.1, -0.05) is 30.3 Å². The van der Waals surface area contributed by atoms with Gasteiger partial charge in [0, 0.05) is 30.6 Å². The van der Waals surface area contributed by atoms with Crippen molar-refractivity contribution < 1.29 is 23.6 Å². The van der Waals surface area contributed by atoms with Crippen LogP contribution >= 0.6 is 0 Å². The molecule has 8 nitrogen and oxygen atoms in total. The van der Waals surface area contributed by atoms with E-state index < -0.39 is 29.8 Å². The molecule has 0 saturated carbocycles. The summed E-state index contributed by atoms with van der Waals surface area (Å²) < 4.78 is 13.9. The number of rotatable bonds is 5. The number of carbonyl (C=O) groups excluding carboxylic acids is 4. The molecule has 0 aliphatic carbocycles. The van der Waals surface area contributed by atoms with Crippen molar-refractivity contribution in [1.29, 1.82) is 0 Å². The van der Waals surface area contributed by atoms with Crippen LogP contribution in [-0.2, 0) is 22.7 Å². The Balaban J connectivity index is 1.36. The summed E-state index contributed by atoms with van der Waals surface area (Å²) >= 11 is 0. The first-order valence-corrected chi connectivity index (χ1v) is 10.4. The van der Waals surface area contributed by atoms with Crippen molar-refractivity contribution in [2.24, 2.45) is 0 Å². The lowest BCUT2D eigenvalue weighted by atomic mass is 10.0.